The normalized spacial score (nSPS) is 31.8. The largest absolute Gasteiger partial charge is 0.481 e. The van der Waals surface area contributed by atoms with Gasteiger partial charge in [0.2, 0.25) is 0 Å². The fraction of sp³-hybridized carbons (Fsp3) is 0.917. The third-order valence-electron chi connectivity index (χ3n) is 3.81. The Labute approximate surface area is 96.6 Å². The van der Waals surface area contributed by atoms with Crippen molar-refractivity contribution in [3.05, 3.63) is 0 Å². The number of nitrogens with zero attached hydrogens (tertiary/aromatic N) is 1. The summed E-state index contributed by atoms with van der Waals surface area (Å²) in [5, 5.41) is 8.75. The summed E-state index contributed by atoms with van der Waals surface area (Å²) in [5.74, 6) is -0.0671. The van der Waals surface area contributed by atoms with Gasteiger partial charge in [0.15, 0.2) is 0 Å². The van der Waals surface area contributed by atoms with Gasteiger partial charge in [-0.05, 0) is 18.8 Å². The summed E-state index contributed by atoms with van der Waals surface area (Å²) < 4.78 is 5.61. The molecule has 2 unspecified atom stereocenters. The SMILES string of the molecule is O=C(O)CCN1CCOCC2CCCCC21. The first-order valence-corrected chi connectivity index (χ1v) is 6.31. The minimum Gasteiger partial charge on any atom is -0.481 e. The second-order valence-corrected chi connectivity index (χ2v) is 4.87. The van der Waals surface area contributed by atoms with E-state index in [0.29, 0.717) is 18.5 Å². The predicted molar refractivity (Wildman–Crippen MR) is 60.4 cm³/mol. The molecule has 1 aliphatic heterocycles. The molecule has 0 amide bonds. The third-order valence-corrected chi connectivity index (χ3v) is 3.81. The van der Waals surface area contributed by atoms with Gasteiger partial charge in [-0.3, -0.25) is 9.69 Å². The molecule has 0 aromatic carbocycles. The first-order valence-electron chi connectivity index (χ1n) is 6.31. The number of rotatable bonds is 3. The summed E-state index contributed by atoms with van der Waals surface area (Å²) in [4.78, 5) is 13.0. The maximum absolute atomic E-state index is 10.6. The van der Waals surface area contributed by atoms with Crippen molar-refractivity contribution in [2.75, 3.05) is 26.3 Å². The number of carboxylic acids is 1. The lowest BCUT2D eigenvalue weighted by atomic mass is 9.84. The van der Waals surface area contributed by atoms with Crippen LogP contribution >= 0.6 is 0 Å². The standard InChI is InChI=1S/C12H21NO3/c14-12(15)5-6-13-7-8-16-9-10-3-1-2-4-11(10)13/h10-11H,1-9H2,(H,14,15). The fourth-order valence-corrected chi connectivity index (χ4v) is 2.96. The van der Waals surface area contributed by atoms with E-state index in [2.05, 4.69) is 4.90 Å². The lowest BCUT2D eigenvalue weighted by Crippen LogP contribution is -2.43. The van der Waals surface area contributed by atoms with Gasteiger partial charge in [-0.15, -0.1) is 0 Å². The van der Waals surface area contributed by atoms with E-state index >= 15 is 0 Å². The molecule has 4 nitrogen and oxygen atoms in total. The minimum atomic E-state index is -0.697. The quantitative estimate of drug-likeness (QED) is 0.790. The van der Waals surface area contributed by atoms with E-state index in [1.807, 2.05) is 0 Å². The molecule has 2 rings (SSSR count). The molecule has 1 saturated carbocycles. The van der Waals surface area contributed by atoms with Crippen molar-refractivity contribution < 1.29 is 14.6 Å². The van der Waals surface area contributed by atoms with E-state index in [0.717, 1.165) is 19.8 Å². The van der Waals surface area contributed by atoms with E-state index < -0.39 is 5.97 Å². The Morgan fingerprint density at radius 3 is 3.00 bits per heavy atom. The third kappa shape index (κ3) is 2.95. The van der Waals surface area contributed by atoms with E-state index in [-0.39, 0.29) is 6.42 Å². The lowest BCUT2D eigenvalue weighted by molar-refractivity contribution is -0.137. The number of aliphatic carboxylic acids is 1. The van der Waals surface area contributed by atoms with Gasteiger partial charge in [0.1, 0.15) is 0 Å². The summed E-state index contributed by atoms with van der Waals surface area (Å²) in [6, 6.07) is 0.565. The molecule has 2 fully saturated rings. The molecule has 16 heavy (non-hydrogen) atoms. The van der Waals surface area contributed by atoms with Crippen molar-refractivity contribution in [3.63, 3.8) is 0 Å². The average Bonchev–Trinajstić information content (AvgIpc) is 2.48. The van der Waals surface area contributed by atoms with Crippen LogP contribution in [0.3, 0.4) is 0 Å². The van der Waals surface area contributed by atoms with E-state index in [1.54, 1.807) is 0 Å². The molecule has 1 N–H and O–H groups in total. The van der Waals surface area contributed by atoms with Crippen LogP contribution in [0.15, 0.2) is 0 Å². The van der Waals surface area contributed by atoms with Crippen molar-refractivity contribution in [1.29, 1.82) is 0 Å². The van der Waals surface area contributed by atoms with Gasteiger partial charge in [-0.25, -0.2) is 0 Å². The van der Waals surface area contributed by atoms with E-state index in [4.69, 9.17) is 9.84 Å². The van der Waals surface area contributed by atoms with Gasteiger partial charge in [0.25, 0.3) is 0 Å². The molecule has 2 atom stereocenters. The molecular formula is C12H21NO3. The van der Waals surface area contributed by atoms with Crippen LogP contribution in [0.1, 0.15) is 32.1 Å². The summed E-state index contributed by atoms with van der Waals surface area (Å²) in [6.45, 7) is 3.20. The van der Waals surface area contributed by atoms with E-state index in [1.165, 1.54) is 25.7 Å². The smallest absolute Gasteiger partial charge is 0.304 e. The van der Waals surface area contributed by atoms with Crippen molar-refractivity contribution >= 4 is 5.97 Å². The Balaban J connectivity index is 1.94. The molecule has 1 heterocycles. The number of carbonyl (C=O) groups is 1. The van der Waals surface area contributed by atoms with Crippen LogP contribution in [0, 0.1) is 5.92 Å². The lowest BCUT2D eigenvalue weighted by Gasteiger charge is -2.37. The molecule has 0 aromatic rings. The molecule has 0 bridgehead atoms. The molecule has 4 heteroatoms. The zero-order chi connectivity index (χ0) is 11.4. The first kappa shape index (κ1) is 11.9. The summed E-state index contributed by atoms with van der Waals surface area (Å²) in [5.41, 5.74) is 0. The Morgan fingerprint density at radius 2 is 2.19 bits per heavy atom. The highest BCUT2D eigenvalue weighted by molar-refractivity contribution is 5.66. The monoisotopic (exact) mass is 227 g/mol. The number of ether oxygens (including phenoxy) is 1. The first-order chi connectivity index (χ1) is 7.77. The highest BCUT2D eigenvalue weighted by atomic mass is 16.5. The van der Waals surface area contributed by atoms with Gasteiger partial charge in [-0.2, -0.15) is 0 Å². The fourth-order valence-electron chi connectivity index (χ4n) is 2.96. The zero-order valence-corrected chi connectivity index (χ0v) is 9.73. The number of carboxylic acid groups (broad SMARTS) is 1. The number of hydrogen-bond donors (Lipinski definition) is 1. The van der Waals surface area contributed by atoms with Crippen molar-refractivity contribution in [2.45, 2.75) is 38.1 Å². The Hall–Kier alpha value is -0.610. The minimum absolute atomic E-state index is 0.253. The molecule has 0 aromatic heterocycles. The molecule has 2 aliphatic rings. The highest BCUT2D eigenvalue weighted by Gasteiger charge is 2.32. The van der Waals surface area contributed by atoms with E-state index in [9.17, 15) is 4.79 Å². The number of hydrogen-bond acceptors (Lipinski definition) is 3. The van der Waals surface area contributed by atoms with Gasteiger partial charge in [-0.1, -0.05) is 12.8 Å². The molecule has 0 radical (unpaired) electrons. The molecule has 1 saturated heterocycles. The van der Waals surface area contributed by atoms with Crippen LogP contribution in [0.5, 0.6) is 0 Å². The van der Waals surface area contributed by atoms with Gasteiger partial charge >= 0.3 is 5.97 Å². The van der Waals surface area contributed by atoms with Crippen LogP contribution in [-0.4, -0.2) is 48.3 Å². The van der Waals surface area contributed by atoms with Crippen molar-refractivity contribution in [3.8, 4) is 0 Å². The zero-order valence-electron chi connectivity index (χ0n) is 9.73. The van der Waals surface area contributed by atoms with Crippen LogP contribution in [0.2, 0.25) is 0 Å². The van der Waals surface area contributed by atoms with Crippen molar-refractivity contribution in [2.24, 2.45) is 5.92 Å². The molecule has 92 valence electrons. The average molecular weight is 227 g/mol. The Kier molecular flexibility index (Phi) is 4.18. The van der Waals surface area contributed by atoms with Crippen molar-refractivity contribution in [1.82, 2.24) is 4.90 Å². The maximum atomic E-state index is 10.6. The Morgan fingerprint density at radius 1 is 1.38 bits per heavy atom. The highest BCUT2D eigenvalue weighted by Crippen LogP contribution is 2.30. The van der Waals surface area contributed by atoms with Crippen LogP contribution < -0.4 is 0 Å². The van der Waals surface area contributed by atoms with Gasteiger partial charge in [0, 0.05) is 19.1 Å². The maximum Gasteiger partial charge on any atom is 0.304 e. The summed E-state index contributed by atoms with van der Waals surface area (Å²) in [7, 11) is 0. The van der Waals surface area contributed by atoms with Gasteiger partial charge < -0.3 is 9.84 Å². The van der Waals surface area contributed by atoms with Gasteiger partial charge in [0.05, 0.1) is 19.6 Å². The molecule has 0 spiro atoms. The molecular weight excluding hydrogens is 206 g/mol. The second kappa shape index (κ2) is 5.64. The Bertz CT molecular complexity index is 244. The topological polar surface area (TPSA) is 49.8 Å². The second-order valence-electron chi connectivity index (χ2n) is 4.87. The van der Waals surface area contributed by atoms with Crippen LogP contribution in [0.4, 0.5) is 0 Å². The summed E-state index contributed by atoms with van der Waals surface area (Å²) in [6.07, 6.45) is 5.30. The number of fused-ring (bicyclic) bond motifs is 1. The summed E-state index contributed by atoms with van der Waals surface area (Å²) >= 11 is 0. The van der Waals surface area contributed by atoms with Crippen LogP contribution in [-0.2, 0) is 9.53 Å². The predicted octanol–water partition coefficient (Wildman–Crippen LogP) is 1.35. The molecule has 1 aliphatic carbocycles. The van der Waals surface area contributed by atoms with Crippen LogP contribution in [0.25, 0.3) is 0 Å².